The van der Waals surface area contributed by atoms with E-state index in [0.29, 0.717) is 18.2 Å². The second-order valence-electron chi connectivity index (χ2n) is 5.78. The van der Waals surface area contributed by atoms with Crippen LogP contribution < -0.4 is 0 Å². The summed E-state index contributed by atoms with van der Waals surface area (Å²) >= 11 is 0. The number of piperazine rings is 1. The molecule has 1 saturated heterocycles. The van der Waals surface area contributed by atoms with E-state index in [9.17, 15) is 0 Å². The normalized spacial score (nSPS) is 33.2. The molecule has 3 nitrogen and oxygen atoms in total. The van der Waals surface area contributed by atoms with Gasteiger partial charge in [-0.3, -0.25) is 4.90 Å². The quantitative estimate of drug-likeness (QED) is 0.754. The molecule has 1 N–H and O–H groups in total. The molecule has 0 aromatic heterocycles. The largest absolute Gasteiger partial charge is 0.396 e. The third-order valence-corrected chi connectivity index (χ3v) is 3.89. The molecule has 15 heavy (non-hydrogen) atoms. The van der Waals surface area contributed by atoms with Gasteiger partial charge in [0.1, 0.15) is 0 Å². The maximum atomic E-state index is 9.06. The molecule has 1 saturated carbocycles. The minimum absolute atomic E-state index is 0.307. The van der Waals surface area contributed by atoms with E-state index >= 15 is 0 Å². The number of aliphatic hydroxyl groups is 1. The molecule has 0 aromatic rings. The summed E-state index contributed by atoms with van der Waals surface area (Å²) in [6.45, 7) is 7.25. The summed E-state index contributed by atoms with van der Waals surface area (Å²) in [5.74, 6) is 0. The van der Waals surface area contributed by atoms with Crippen molar-refractivity contribution in [2.24, 2.45) is 0 Å². The summed E-state index contributed by atoms with van der Waals surface area (Å²) in [5.41, 5.74) is 0.307. The van der Waals surface area contributed by atoms with Crippen LogP contribution in [0.2, 0.25) is 0 Å². The summed E-state index contributed by atoms with van der Waals surface area (Å²) in [6.07, 6.45) is 3.66. The van der Waals surface area contributed by atoms with Crippen LogP contribution in [-0.2, 0) is 0 Å². The Kier molecular flexibility index (Phi) is 3.06. The Bertz CT molecular complexity index is 226. The summed E-state index contributed by atoms with van der Waals surface area (Å²) in [4.78, 5) is 5.07. The Labute approximate surface area is 93.1 Å². The van der Waals surface area contributed by atoms with Crippen LogP contribution in [0.5, 0.6) is 0 Å². The van der Waals surface area contributed by atoms with Gasteiger partial charge >= 0.3 is 0 Å². The van der Waals surface area contributed by atoms with E-state index in [2.05, 4.69) is 30.7 Å². The Hall–Kier alpha value is -0.120. The lowest BCUT2D eigenvalue weighted by atomic mass is 9.94. The van der Waals surface area contributed by atoms with Crippen LogP contribution in [0.4, 0.5) is 0 Å². The highest BCUT2D eigenvalue weighted by atomic mass is 16.3. The van der Waals surface area contributed by atoms with Gasteiger partial charge in [-0.2, -0.15) is 0 Å². The van der Waals surface area contributed by atoms with Crippen molar-refractivity contribution >= 4 is 0 Å². The monoisotopic (exact) mass is 212 g/mol. The number of aliphatic hydroxyl groups excluding tert-OH is 1. The number of likely N-dealkylation sites (N-methyl/N-ethyl adjacent to an activating group) is 1. The van der Waals surface area contributed by atoms with Gasteiger partial charge in [0.05, 0.1) is 0 Å². The first-order valence-corrected chi connectivity index (χ1v) is 6.12. The summed E-state index contributed by atoms with van der Waals surface area (Å²) in [5, 5.41) is 9.06. The van der Waals surface area contributed by atoms with Crippen molar-refractivity contribution in [2.45, 2.75) is 50.7 Å². The van der Waals surface area contributed by atoms with Gasteiger partial charge in [0.15, 0.2) is 0 Å². The van der Waals surface area contributed by atoms with Gasteiger partial charge in [-0.1, -0.05) is 0 Å². The van der Waals surface area contributed by atoms with Gasteiger partial charge in [-0.15, -0.1) is 0 Å². The zero-order valence-electron chi connectivity index (χ0n) is 10.2. The highest BCUT2D eigenvalue weighted by Crippen LogP contribution is 2.36. The van der Waals surface area contributed by atoms with E-state index in [1.807, 2.05) is 0 Å². The van der Waals surface area contributed by atoms with Gasteiger partial charge in [0.25, 0.3) is 0 Å². The van der Waals surface area contributed by atoms with Crippen molar-refractivity contribution in [3.05, 3.63) is 0 Å². The van der Waals surface area contributed by atoms with Crippen LogP contribution in [0.25, 0.3) is 0 Å². The predicted molar refractivity (Wildman–Crippen MR) is 61.9 cm³/mol. The van der Waals surface area contributed by atoms with Gasteiger partial charge < -0.3 is 10.0 Å². The number of hydrogen-bond donors (Lipinski definition) is 1. The van der Waals surface area contributed by atoms with Crippen LogP contribution >= 0.6 is 0 Å². The van der Waals surface area contributed by atoms with E-state index in [4.69, 9.17) is 5.11 Å². The average Bonchev–Trinajstić information content (AvgIpc) is 2.92. The summed E-state index contributed by atoms with van der Waals surface area (Å²) in [6, 6.07) is 1.37. The molecule has 3 heteroatoms. The van der Waals surface area contributed by atoms with Gasteiger partial charge in [-0.25, -0.2) is 0 Å². The van der Waals surface area contributed by atoms with E-state index < -0.39 is 0 Å². The molecule has 1 unspecified atom stereocenters. The smallest absolute Gasteiger partial charge is 0.0446 e. The third-order valence-electron chi connectivity index (χ3n) is 3.89. The first-order chi connectivity index (χ1) is 7.04. The predicted octanol–water partition coefficient (Wildman–Crippen LogP) is 0.926. The van der Waals surface area contributed by atoms with Crippen LogP contribution in [0.1, 0.15) is 33.1 Å². The molecule has 2 aliphatic rings. The molecule has 2 fully saturated rings. The van der Waals surface area contributed by atoms with Crippen LogP contribution in [-0.4, -0.2) is 59.3 Å². The molecule has 1 heterocycles. The van der Waals surface area contributed by atoms with Crippen molar-refractivity contribution < 1.29 is 5.11 Å². The fourth-order valence-electron chi connectivity index (χ4n) is 2.93. The molecule has 2 rings (SSSR count). The molecule has 0 amide bonds. The first-order valence-electron chi connectivity index (χ1n) is 6.12. The third kappa shape index (κ3) is 2.35. The van der Waals surface area contributed by atoms with E-state index in [1.165, 1.54) is 12.8 Å². The van der Waals surface area contributed by atoms with Crippen molar-refractivity contribution in [3.63, 3.8) is 0 Å². The molecule has 1 atom stereocenters. The Morgan fingerprint density at radius 2 is 2.00 bits per heavy atom. The van der Waals surface area contributed by atoms with Crippen molar-refractivity contribution in [1.29, 1.82) is 0 Å². The molecule has 0 bridgehead atoms. The van der Waals surface area contributed by atoms with Crippen LogP contribution in [0.15, 0.2) is 0 Å². The lowest BCUT2D eigenvalue weighted by Crippen LogP contribution is -2.62. The molecule has 1 aliphatic heterocycles. The highest BCUT2D eigenvalue weighted by molar-refractivity contribution is 5.00. The van der Waals surface area contributed by atoms with Crippen molar-refractivity contribution in [3.8, 4) is 0 Å². The van der Waals surface area contributed by atoms with Gasteiger partial charge in [-0.05, 0) is 40.2 Å². The number of rotatable bonds is 3. The average molecular weight is 212 g/mol. The van der Waals surface area contributed by atoms with Crippen molar-refractivity contribution in [2.75, 3.05) is 26.7 Å². The van der Waals surface area contributed by atoms with Crippen molar-refractivity contribution in [1.82, 2.24) is 9.80 Å². The SMILES string of the molecule is CN1CC(C)(C)N(C2CC2)CC1CCO. The molecule has 0 radical (unpaired) electrons. The second-order valence-corrected chi connectivity index (χ2v) is 5.78. The lowest BCUT2D eigenvalue weighted by molar-refractivity contribution is -0.0172. The number of nitrogens with zero attached hydrogens (tertiary/aromatic N) is 2. The van der Waals surface area contributed by atoms with Crippen LogP contribution in [0.3, 0.4) is 0 Å². The maximum absolute atomic E-state index is 9.06. The lowest BCUT2D eigenvalue weighted by Gasteiger charge is -2.50. The van der Waals surface area contributed by atoms with Gasteiger partial charge in [0, 0.05) is 37.3 Å². The Morgan fingerprint density at radius 1 is 1.33 bits per heavy atom. The molecule has 1 aliphatic carbocycles. The summed E-state index contributed by atoms with van der Waals surface area (Å²) < 4.78 is 0. The molecular formula is C12H24N2O. The van der Waals surface area contributed by atoms with Crippen LogP contribution in [0, 0.1) is 0 Å². The number of hydrogen-bond acceptors (Lipinski definition) is 3. The minimum Gasteiger partial charge on any atom is -0.396 e. The first kappa shape index (κ1) is 11.4. The van der Waals surface area contributed by atoms with E-state index in [0.717, 1.165) is 25.6 Å². The second kappa shape index (κ2) is 4.04. The summed E-state index contributed by atoms with van der Waals surface area (Å²) in [7, 11) is 2.19. The van der Waals surface area contributed by atoms with Gasteiger partial charge in [0.2, 0.25) is 0 Å². The zero-order chi connectivity index (χ0) is 11.1. The minimum atomic E-state index is 0.307. The van der Waals surface area contributed by atoms with E-state index in [1.54, 1.807) is 0 Å². The zero-order valence-corrected chi connectivity index (χ0v) is 10.2. The fraction of sp³-hybridized carbons (Fsp3) is 1.00. The Balaban J connectivity index is 2.03. The molecule has 0 spiro atoms. The Morgan fingerprint density at radius 3 is 2.53 bits per heavy atom. The maximum Gasteiger partial charge on any atom is 0.0446 e. The molecule has 88 valence electrons. The fourth-order valence-corrected chi connectivity index (χ4v) is 2.93. The molecule has 0 aromatic carbocycles. The van der Waals surface area contributed by atoms with E-state index in [-0.39, 0.29) is 0 Å². The molecular weight excluding hydrogens is 188 g/mol. The highest BCUT2D eigenvalue weighted by Gasteiger charge is 2.43. The topological polar surface area (TPSA) is 26.7 Å². The standard InChI is InChI=1S/C12H24N2O/c1-12(2)9-13(3)11(6-7-15)8-14(12)10-4-5-10/h10-11,15H,4-9H2,1-3H3.